The smallest absolute Gasteiger partial charge is 0.459 e. The molecule has 0 aliphatic carbocycles. The van der Waals surface area contributed by atoms with Gasteiger partial charge in [0.2, 0.25) is 0 Å². The molecule has 1 unspecified atom stereocenters. The number of ether oxygens (including phenoxy) is 4. The Bertz CT molecular complexity index is 1280. The van der Waals surface area contributed by atoms with Gasteiger partial charge in [-0.05, 0) is 57.9 Å². The summed E-state index contributed by atoms with van der Waals surface area (Å²) in [7, 11) is -2.52. The van der Waals surface area contributed by atoms with Crippen molar-refractivity contribution in [3.05, 3.63) is 54.5 Å². The van der Waals surface area contributed by atoms with Crippen molar-refractivity contribution < 1.29 is 37.4 Å². The first-order chi connectivity index (χ1) is 19.7. The molecule has 0 bridgehead atoms. The maximum Gasteiger partial charge on any atom is 0.459 e. The van der Waals surface area contributed by atoms with E-state index >= 15 is 0 Å². The zero-order valence-corrected chi connectivity index (χ0v) is 24.9. The van der Waals surface area contributed by atoms with Crippen LogP contribution in [0.5, 0.6) is 5.75 Å². The number of hydrogen-bond acceptors (Lipinski definition) is 11. The third-order valence-electron chi connectivity index (χ3n) is 6.23. The van der Waals surface area contributed by atoms with Crippen molar-refractivity contribution in [2.75, 3.05) is 52.5 Å². The molecule has 41 heavy (non-hydrogen) atoms. The molecule has 0 fully saturated rings. The van der Waals surface area contributed by atoms with E-state index in [0.717, 1.165) is 5.69 Å². The molecule has 3 N–H and O–H groups in total. The number of fused-ring (bicyclic) bond motifs is 1. The van der Waals surface area contributed by atoms with Crippen LogP contribution in [0.4, 0.5) is 5.82 Å². The molecule has 3 atom stereocenters. The summed E-state index contributed by atoms with van der Waals surface area (Å²) in [4.78, 5) is 16.6. The van der Waals surface area contributed by atoms with Gasteiger partial charge in [0.05, 0.1) is 32.0 Å². The van der Waals surface area contributed by atoms with Gasteiger partial charge in [-0.2, -0.15) is 10.2 Å². The minimum atomic E-state index is -4.07. The number of hydrogen-bond donors (Lipinski definition) is 2. The van der Waals surface area contributed by atoms with Gasteiger partial charge in [0.25, 0.3) is 0 Å². The van der Waals surface area contributed by atoms with Crippen LogP contribution in [0.2, 0.25) is 0 Å². The van der Waals surface area contributed by atoms with E-state index in [1.165, 1.54) is 13.3 Å². The third kappa shape index (κ3) is 10.1. The highest BCUT2D eigenvalue weighted by Crippen LogP contribution is 2.46. The van der Waals surface area contributed by atoms with Gasteiger partial charge in [0, 0.05) is 19.4 Å². The molecule has 0 saturated heterocycles. The number of methoxy groups -OCH3 is 1. The summed E-state index contributed by atoms with van der Waals surface area (Å²) in [5.41, 5.74) is 6.69. The summed E-state index contributed by atoms with van der Waals surface area (Å²) >= 11 is 0. The summed E-state index contributed by atoms with van der Waals surface area (Å²) < 4.78 is 48.8. The van der Waals surface area contributed by atoms with Crippen molar-refractivity contribution in [1.29, 1.82) is 0 Å². The van der Waals surface area contributed by atoms with Crippen molar-refractivity contribution in [1.82, 2.24) is 19.7 Å². The molecule has 0 aliphatic rings. The number of nitrogens with zero attached hydrogens (tertiary/aromatic N) is 3. The second-order valence-corrected chi connectivity index (χ2v) is 11.1. The Kier molecular flexibility index (Phi) is 12.5. The molecule has 13 nitrogen and oxygen atoms in total. The second kappa shape index (κ2) is 15.8. The summed E-state index contributed by atoms with van der Waals surface area (Å²) in [5.74, 6) is 0.0633. The molecule has 2 aromatic heterocycles. The monoisotopic (exact) mass is 593 g/mol. The van der Waals surface area contributed by atoms with Crippen molar-refractivity contribution in [3.8, 4) is 5.75 Å². The fraction of sp³-hybridized carbons (Fsp3) is 0.519. The molecular formula is C27H40N5O8P. The number of nitrogens with one attached hydrogen (secondary N) is 1. The van der Waals surface area contributed by atoms with Crippen LogP contribution in [0.25, 0.3) is 5.52 Å². The van der Waals surface area contributed by atoms with Gasteiger partial charge < -0.3 is 29.2 Å². The highest BCUT2D eigenvalue weighted by Gasteiger charge is 2.36. The lowest BCUT2D eigenvalue weighted by Gasteiger charge is -2.30. The minimum absolute atomic E-state index is 0.0361. The van der Waals surface area contributed by atoms with Crippen molar-refractivity contribution in [2.24, 2.45) is 0 Å². The Morgan fingerprint density at radius 2 is 1.85 bits per heavy atom. The molecule has 226 valence electrons. The Morgan fingerprint density at radius 3 is 2.59 bits per heavy atom. The summed E-state index contributed by atoms with van der Waals surface area (Å²) in [5, 5.41) is 6.97. The molecular weight excluding hydrogens is 553 g/mol. The predicted octanol–water partition coefficient (Wildman–Crippen LogP) is 3.43. The Morgan fingerprint density at radius 1 is 1.12 bits per heavy atom. The van der Waals surface area contributed by atoms with Gasteiger partial charge in [-0.3, -0.25) is 9.32 Å². The van der Waals surface area contributed by atoms with E-state index in [0.29, 0.717) is 49.7 Å². The van der Waals surface area contributed by atoms with Crippen LogP contribution in [-0.2, 0) is 39.3 Å². The van der Waals surface area contributed by atoms with Crippen LogP contribution in [0.15, 0.2) is 48.8 Å². The lowest BCUT2D eigenvalue weighted by molar-refractivity contribution is -0.147. The van der Waals surface area contributed by atoms with Crippen molar-refractivity contribution >= 4 is 25.1 Å². The van der Waals surface area contributed by atoms with Gasteiger partial charge >= 0.3 is 13.7 Å². The second-order valence-electron chi connectivity index (χ2n) is 9.42. The van der Waals surface area contributed by atoms with Gasteiger partial charge in [-0.1, -0.05) is 18.2 Å². The number of esters is 1. The average molecular weight is 594 g/mol. The lowest BCUT2D eigenvalue weighted by atomic mass is 10.00. The molecule has 0 saturated carbocycles. The number of benzene rings is 1. The van der Waals surface area contributed by atoms with E-state index in [1.54, 1.807) is 42.0 Å². The number of rotatable bonds is 19. The molecule has 2 heterocycles. The zero-order valence-electron chi connectivity index (χ0n) is 24.0. The molecule has 0 amide bonds. The number of para-hydroxylation sites is 1. The Balaban J connectivity index is 1.62. The first-order valence-corrected chi connectivity index (χ1v) is 14.9. The number of aromatic nitrogens is 3. The minimum Gasteiger partial charge on any atom is -0.462 e. The summed E-state index contributed by atoms with van der Waals surface area (Å²) in [6.07, 6.45) is 2.45. The molecule has 0 spiro atoms. The third-order valence-corrected chi connectivity index (χ3v) is 7.85. The van der Waals surface area contributed by atoms with Crippen LogP contribution in [0, 0.1) is 0 Å². The highest BCUT2D eigenvalue weighted by molar-refractivity contribution is 7.52. The van der Waals surface area contributed by atoms with Crippen LogP contribution in [0.1, 0.15) is 32.9 Å². The Labute approximate surface area is 240 Å². The standard InChI is InChI=1S/C27H40N5O8P/c1-5-36-15-16-37-17-18-38-26(33)21(2)31-41(34,40-23-9-7-6-8-10-23)39-19-27(3,35-4)14-13-22-11-12-24-25(28)29-20-30-32(22)24/h6-12,20-21H,5,13-19H2,1-4H3,(H,31,34)(H2,28,29,30)/t21-,27-,41?/m0/s1. The van der Waals surface area contributed by atoms with E-state index in [9.17, 15) is 9.36 Å². The van der Waals surface area contributed by atoms with Gasteiger partial charge in [-0.15, -0.1) is 0 Å². The van der Waals surface area contributed by atoms with Crippen LogP contribution in [-0.4, -0.2) is 79.0 Å². The molecule has 3 aromatic rings. The number of aryl methyl sites for hydroxylation is 1. The van der Waals surface area contributed by atoms with Gasteiger partial charge in [0.1, 0.15) is 30.2 Å². The predicted molar refractivity (Wildman–Crippen MR) is 153 cm³/mol. The maximum absolute atomic E-state index is 13.9. The molecule has 1 aromatic carbocycles. The van der Waals surface area contributed by atoms with E-state index < -0.39 is 25.4 Å². The lowest BCUT2D eigenvalue weighted by Crippen LogP contribution is -2.38. The number of nitrogen functional groups attached to an aromatic ring is 1. The SMILES string of the molecule is CCOCCOCCOC(=O)[C@H](C)NP(=O)(OC[C@](C)(CCc1ccc2c(N)ncnn12)OC)Oc1ccccc1. The topological polar surface area (TPSA) is 158 Å². The molecule has 3 rings (SSSR count). The number of nitrogens with two attached hydrogens (primary N) is 1. The average Bonchev–Trinajstić information content (AvgIpc) is 3.39. The quantitative estimate of drug-likeness (QED) is 0.119. The number of anilines is 1. The van der Waals surface area contributed by atoms with Gasteiger partial charge in [0.15, 0.2) is 5.82 Å². The van der Waals surface area contributed by atoms with Crippen LogP contribution in [0.3, 0.4) is 0 Å². The normalized spacial score (nSPS) is 15.2. The number of carbonyl (C=O) groups is 1. The van der Waals surface area contributed by atoms with Crippen LogP contribution < -0.4 is 15.3 Å². The van der Waals surface area contributed by atoms with Crippen molar-refractivity contribution in [3.63, 3.8) is 0 Å². The van der Waals surface area contributed by atoms with Crippen LogP contribution >= 0.6 is 7.75 Å². The van der Waals surface area contributed by atoms with Crippen molar-refractivity contribution in [2.45, 2.75) is 45.3 Å². The fourth-order valence-electron chi connectivity index (χ4n) is 3.73. The summed E-state index contributed by atoms with van der Waals surface area (Å²) in [6, 6.07) is 11.3. The molecule has 0 radical (unpaired) electrons. The van der Waals surface area contributed by atoms with E-state index in [1.807, 2.05) is 26.0 Å². The highest BCUT2D eigenvalue weighted by atomic mass is 31.2. The number of carbonyl (C=O) groups excluding carboxylic acids is 1. The maximum atomic E-state index is 13.9. The fourth-order valence-corrected chi connectivity index (χ4v) is 5.34. The Hall–Kier alpha value is -3.06. The van der Waals surface area contributed by atoms with E-state index in [-0.39, 0.29) is 19.8 Å². The molecule has 14 heteroatoms. The van der Waals surface area contributed by atoms with E-state index in [2.05, 4.69) is 15.2 Å². The summed E-state index contributed by atoms with van der Waals surface area (Å²) in [6.45, 7) is 6.86. The van der Waals surface area contributed by atoms with Gasteiger partial charge in [-0.25, -0.2) is 14.1 Å². The van der Waals surface area contributed by atoms with E-state index in [4.69, 9.17) is 33.7 Å². The first-order valence-electron chi connectivity index (χ1n) is 13.4. The molecule has 0 aliphatic heterocycles. The first kappa shape index (κ1) is 32.5. The zero-order chi connectivity index (χ0) is 29.7. The largest absolute Gasteiger partial charge is 0.462 e.